The second-order valence-corrected chi connectivity index (χ2v) is 13.7. The number of Topliss-reactive ketones (excluding diaryl/α,β-unsaturated/α-hetero) is 1. The number of rotatable bonds is 18. The number of ether oxygens (including phenoxy) is 2. The van der Waals surface area contributed by atoms with Crippen LogP contribution in [-0.2, 0) is 27.4 Å². The van der Waals surface area contributed by atoms with Crippen LogP contribution in [-0.4, -0.2) is 63.5 Å². The van der Waals surface area contributed by atoms with Gasteiger partial charge in [0, 0.05) is 49.5 Å². The summed E-state index contributed by atoms with van der Waals surface area (Å²) in [5.41, 5.74) is 9.69. The lowest BCUT2D eigenvalue weighted by Gasteiger charge is -2.19. The molecular formula is C43H50N2O7. The molecule has 0 aliphatic heterocycles. The Balaban J connectivity index is 0.998. The summed E-state index contributed by atoms with van der Waals surface area (Å²) in [4.78, 5) is 29.7. The molecule has 3 aromatic carbocycles. The number of hydrogen-bond donors (Lipinski definition) is 4. The van der Waals surface area contributed by atoms with Crippen LogP contribution in [0.15, 0.2) is 109 Å². The molecule has 1 fully saturated rings. The van der Waals surface area contributed by atoms with Gasteiger partial charge in [0.25, 0.3) is 0 Å². The number of esters is 1. The molecule has 9 nitrogen and oxygen atoms in total. The lowest BCUT2D eigenvalue weighted by Crippen LogP contribution is -2.23. The fourth-order valence-electron chi connectivity index (χ4n) is 6.74. The van der Waals surface area contributed by atoms with E-state index in [4.69, 9.17) is 15.2 Å². The number of carbonyl (C=O) groups excluding carboxylic acids is 2. The van der Waals surface area contributed by atoms with E-state index in [1.54, 1.807) is 24.5 Å². The van der Waals surface area contributed by atoms with Gasteiger partial charge in [0.15, 0.2) is 0 Å². The van der Waals surface area contributed by atoms with Gasteiger partial charge >= 0.3 is 5.97 Å². The quantitative estimate of drug-likeness (QED) is 0.0562. The van der Waals surface area contributed by atoms with Crippen LogP contribution < -0.4 is 10.5 Å². The first-order chi connectivity index (χ1) is 25.2. The predicted molar refractivity (Wildman–Crippen MR) is 202 cm³/mol. The largest absolute Gasteiger partial charge is 0.491 e. The Kier molecular flexibility index (Phi) is 14.3. The average molecular weight is 707 g/mol. The molecule has 1 heterocycles. The molecule has 9 heteroatoms. The zero-order valence-corrected chi connectivity index (χ0v) is 29.7. The van der Waals surface area contributed by atoms with Crippen molar-refractivity contribution >= 4 is 22.5 Å². The first kappa shape index (κ1) is 38.6. The van der Waals surface area contributed by atoms with Crippen LogP contribution in [0.3, 0.4) is 0 Å². The summed E-state index contributed by atoms with van der Waals surface area (Å²) in [5, 5.41) is 33.6. The Hall–Kier alpha value is -4.67. The third-order valence-electron chi connectivity index (χ3n) is 9.70. The number of unbranched alkanes of at least 4 members (excludes halogenated alkanes) is 1. The number of fused-ring (bicyclic) bond motifs is 1. The molecule has 1 saturated carbocycles. The molecule has 5 rings (SSSR count). The minimum atomic E-state index is -0.842. The van der Waals surface area contributed by atoms with E-state index in [0.29, 0.717) is 25.0 Å². The normalized spacial score (nSPS) is 20.0. The summed E-state index contributed by atoms with van der Waals surface area (Å²) in [5.74, 6) is -0.442. The van der Waals surface area contributed by atoms with E-state index in [-0.39, 0.29) is 62.6 Å². The highest BCUT2D eigenvalue weighted by Crippen LogP contribution is 2.36. The van der Waals surface area contributed by atoms with Crippen molar-refractivity contribution in [3.63, 3.8) is 0 Å². The zero-order valence-electron chi connectivity index (χ0n) is 29.7. The first-order valence-electron chi connectivity index (χ1n) is 18.1. The van der Waals surface area contributed by atoms with E-state index < -0.39 is 24.2 Å². The van der Waals surface area contributed by atoms with Gasteiger partial charge in [-0.2, -0.15) is 0 Å². The molecule has 0 spiro atoms. The van der Waals surface area contributed by atoms with Crippen LogP contribution >= 0.6 is 0 Å². The Morgan fingerprint density at radius 2 is 1.79 bits per heavy atom. The number of aryl methyl sites for hydroxylation is 1. The predicted octanol–water partition coefficient (Wildman–Crippen LogP) is 5.91. The van der Waals surface area contributed by atoms with Crippen molar-refractivity contribution in [3.8, 4) is 5.75 Å². The molecular weight excluding hydrogens is 656 g/mol. The van der Waals surface area contributed by atoms with Crippen molar-refractivity contribution in [3.05, 3.63) is 132 Å². The summed E-state index contributed by atoms with van der Waals surface area (Å²) in [7, 11) is 0. The van der Waals surface area contributed by atoms with Gasteiger partial charge in [-0.15, -0.1) is 0 Å². The minimum Gasteiger partial charge on any atom is -0.491 e. The number of aromatic nitrogens is 1. The van der Waals surface area contributed by atoms with Crippen molar-refractivity contribution in [2.75, 3.05) is 13.2 Å². The van der Waals surface area contributed by atoms with Crippen molar-refractivity contribution in [1.29, 1.82) is 0 Å². The van der Waals surface area contributed by atoms with Crippen LogP contribution in [0.2, 0.25) is 0 Å². The lowest BCUT2D eigenvalue weighted by atomic mass is 9.89. The van der Waals surface area contributed by atoms with Gasteiger partial charge in [-0.25, -0.2) is 0 Å². The number of ketones is 1. The average Bonchev–Trinajstić information content (AvgIpc) is 3.41. The fraction of sp³-hybridized carbons (Fsp3) is 0.372. The highest BCUT2D eigenvalue weighted by molar-refractivity contribution is 5.89. The van der Waals surface area contributed by atoms with Crippen LogP contribution in [0, 0.1) is 18.8 Å². The number of aliphatic hydroxyl groups is 3. The topological polar surface area (TPSA) is 152 Å². The molecule has 52 heavy (non-hydrogen) atoms. The number of pyridine rings is 1. The molecule has 274 valence electrons. The fourth-order valence-corrected chi connectivity index (χ4v) is 6.74. The second kappa shape index (κ2) is 19.2. The molecule has 0 amide bonds. The number of benzene rings is 3. The number of nitrogens with zero attached hydrogens (tertiary/aromatic N) is 1. The third-order valence-corrected chi connectivity index (χ3v) is 9.70. The monoisotopic (exact) mass is 706 g/mol. The number of carbonyl (C=O) groups is 2. The smallest absolute Gasteiger partial charge is 0.306 e. The van der Waals surface area contributed by atoms with E-state index in [1.165, 1.54) is 0 Å². The number of nitrogens with two attached hydrogens (primary N) is 1. The van der Waals surface area contributed by atoms with Crippen LogP contribution in [0.5, 0.6) is 5.75 Å². The van der Waals surface area contributed by atoms with Gasteiger partial charge in [-0.3, -0.25) is 14.6 Å². The third kappa shape index (κ3) is 11.2. The standard InChI is InChI=1S/C43H50N2O7/c1-29-7-6-8-36(21-29)51-28-35(46)17-18-38-37(41(48)24-42(38)49)9-4-2-3-5-10-43(50)52-27-30-11-14-32(15-12-30)39(25-44)40(47)23-31-13-16-34-26-45-20-19-33(34)22-31/h2,4,6-8,11-22,26,35,37-39,41-42,46,48-49H,3,5,9-10,23-25,27-28,44H2,1H3/b4-2-,18-17+/t35-,37-,38-,39?,41+,42-/m1/s1. The number of aliphatic hydroxyl groups excluding tert-OH is 3. The van der Waals surface area contributed by atoms with E-state index in [9.17, 15) is 24.9 Å². The Morgan fingerprint density at radius 3 is 2.58 bits per heavy atom. The molecule has 1 unspecified atom stereocenters. The maximum absolute atomic E-state index is 13.2. The maximum Gasteiger partial charge on any atom is 0.306 e. The van der Waals surface area contributed by atoms with E-state index >= 15 is 0 Å². The first-order valence-corrected chi connectivity index (χ1v) is 18.1. The molecule has 1 aliphatic rings. The molecule has 0 bridgehead atoms. The van der Waals surface area contributed by atoms with Crippen molar-refractivity contribution < 1.29 is 34.4 Å². The van der Waals surface area contributed by atoms with Crippen molar-refractivity contribution in [1.82, 2.24) is 4.98 Å². The maximum atomic E-state index is 13.2. The summed E-state index contributed by atoms with van der Waals surface area (Å²) >= 11 is 0. The van der Waals surface area contributed by atoms with E-state index in [0.717, 1.165) is 33.0 Å². The van der Waals surface area contributed by atoms with Gasteiger partial charge in [0.1, 0.15) is 30.9 Å². The molecule has 0 saturated heterocycles. The Labute approximate surface area is 305 Å². The lowest BCUT2D eigenvalue weighted by molar-refractivity contribution is -0.145. The molecule has 4 aromatic rings. The van der Waals surface area contributed by atoms with E-state index in [1.807, 2.05) is 91.9 Å². The van der Waals surface area contributed by atoms with Gasteiger partial charge in [-0.1, -0.05) is 78.9 Å². The number of hydrogen-bond acceptors (Lipinski definition) is 9. The van der Waals surface area contributed by atoms with Gasteiger partial charge < -0.3 is 30.5 Å². The van der Waals surface area contributed by atoms with Crippen molar-refractivity contribution in [2.24, 2.45) is 17.6 Å². The van der Waals surface area contributed by atoms with Gasteiger partial charge in [0.2, 0.25) is 0 Å². The summed E-state index contributed by atoms with van der Waals surface area (Å²) in [6.45, 7) is 2.41. The summed E-state index contributed by atoms with van der Waals surface area (Å²) < 4.78 is 11.2. The zero-order chi connectivity index (χ0) is 36.9. The summed E-state index contributed by atoms with van der Waals surface area (Å²) in [6, 6.07) is 22.9. The van der Waals surface area contributed by atoms with E-state index in [2.05, 4.69) is 4.98 Å². The molecule has 5 N–H and O–H groups in total. The Bertz CT molecular complexity index is 1820. The molecule has 1 aliphatic carbocycles. The molecule has 1 aromatic heterocycles. The van der Waals surface area contributed by atoms with Crippen LogP contribution in [0.25, 0.3) is 10.8 Å². The SMILES string of the molecule is Cc1cccc(OC[C@H](O)/C=C/[C@@H]2[C@@H](C/C=C\CCCC(=O)OCc3ccc(C(CN)C(=O)Cc4ccc5cnccc5c4)cc3)[C@@H](O)C[C@H]2O)c1. The van der Waals surface area contributed by atoms with Crippen LogP contribution in [0.1, 0.15) is 60.3 Å². The van der Waals surface area contributed by atoms with Crippen molar-refractivity contribution in [2.45, 2.75) is 76.3 Å². The van der Waals surface area contributed by atoms with Gasteiger partial charge in [0.05, 0.1) is 18.1 Å². The highest BCUT2D eigenvalue weighted by Gasteiger charge is 2.39. The second-order valence-electron chi connectivity index (χ2n) is 13.7. The summed E-state index contributed by atoms with van der Waals surface area (Å²) in [6.07, 6.45) is 11.5. The van der Waals surface area contributed by atoms with Gasteiger partial charge in [-0.05, 0) is 77.9 Å². The molecule has 0 radical (unpaired) electrons. The Morgan fingerprint density at radius 1 is 0.981 bits per heavy atom. The highest BCUT2D eigenvalue weighted by atomic mass is 16.5. The number of allylic oxidation sites excluding steroid dienone is 2. The minimum absolute atomic E-state index is 0.0494. The molecule has 6 atom stereocenters. The van der Waals surface area contributed by atoms with Crippen LogP contribution in [0.4, 0.5) is 0 Å².